The van der Waals surface area contributed by atoms with Crippen LogP contribution >= 0.6 is 0 Å². The summed E-state index contributed by atoms with van der Waals surface area (Å²) in [5, 5.41) is 0. The van der Waals surface area contributed by atoms with E-state index in [0.29, 0.717) is 0 Å². The Morgan fingerprint density at radius 3 is 1.09 bits per heavy atom. The highest BCUT2D eigenvalue weighted by Crippen LogP contribution is 2.66. The van der Waals surface area contributed by atoms with Crippen molar-refractivity contribution in [3.8, 4) is 89.4 Å². The van der Waals surface area contributed by atoms with Gasteiger partial charge in [0.05, 0.1) is 16.8 Å². The summed E-state index contributed by atoms with van der Waals surface area (Å²) in [5.74, 6) is 1.68. The van der Waals surface area contributed by atoms with Crippen LogP contribution in [0.1, 0.15) is 128 Å². The number of nitrogens with zero attached hydrogens (tertiary/aromatic N) is 3. The van der Waals surface area contributed by atoms with E-state index in [0.717, 1.165) is 118 Å². The Bertz CT molecular complexity index is 6680. The van der Waals surface area contributed by atoms with Gasteiger partial charge in [-0.25, -0.2) is 0 Å². The molecule has 4 nitrogen and oxygen atoms in total. The van der Waals surface area contributed by atoms with E-state index in [9.17, 15) is 0 Å². The molecular weight excluding hydrogens is 1440 g/mol. The first-order chi connectivity index (χ1) is 57.6. The van der Waals surface area contributed by atoms with Gasteiger partial charge in [0.25, 0.3) is 13.4 Å². The van der Waals surface area contributed by atoms with Crippen molar-refractivity contribution in [2.24, 2.45) is 0 Å². The molecule has 0 radical (unpaired) electrons. The van der Waals surface area contributed by atoms with Crippen molar-refractivity contribution in [3.05, 3.63) is 390 Å². The molecule has 0 aromatic heterocycles. The van der Waals surface area contributed by atoms with Crippen molar-refractivity contribution >= 4 is 97.4 Å². The Balaban J connectivity index is 0.863. The molecule has 1 spiro atoms. The van der Waals surface area contributed by atoms with Crippen molar-refractivity contribution in [1.82, 2.24) is 0 Å². The lowest BCUT2D eigenvalue weighted by Crippen LogP contribution is -2.64. The molecule has 0 bridgehead atoms. The van der Waals surface area contributed by atoms with Crippen LogP contribution < -0.4 is 52.2 Å². The SMILES string of the molecule is CC(C)(C)c1cc(N2c3cc4c(cc3B3c5ccccc5N(c5c(-c6ccccc6)cccc5-c5ccccc5)c5cc(C(C)(C)C)cc2c53)B2c3ccccc3N(c3c(-c5ccccc5)cc(C(C)(C)C)cc3-c3ccccc3)c3cc(-c5cccc6c5C5(c7ccccc7-c7ccccc75)c5ccccc5-6)cc(c32)O4)cc(C(C)(C)C)c1. The second-order valence-corrected chi connectivity index (χ2v) is 37.8. The number of rotatable bonds is 8. The minimum atomic E-state index is -0.637. The van der Waals surface area contributed by atoms with Crippen molar-refractivity contribution < 1.29 is 4.74 Å². The van der Waals surface area contributed by atoms with Gasteiger partial charge < -0.3 is 19.4 Å². The van der Waals surface area contributed by atoms with Gasteiger partial charge >= 0.3 is 0 Å². The summed E-state index contributed by atoms with van der Waals surface area (Å²) in [4.78, 5) is 8.01. The van der Waals surface area contributed by atoms with Crippen LogP contribution in [0, 0.1) is 0 Å². The van der Waals surface area contributed by atoms with Gasteiger partial charge in [0.15, 0.2) is 0 Å². The van der Waals surface area contributed by atoms with Gasteiger partial charge in [-0.15, -0.1) is 0 Å². The van der Waals surface area contributed by atoms with E-state index in [4.69, 9.17) is 4.74 Å². The minimum Gasteiger partial charge on any atom is -0.458 e. The van der Waals surface area contributed by atoms with Crippen LogP contribution in [-0.2, 0) is 27.1 Å². The summed E-state index contributed by atoms with van der Waals surface area (Å²) in [6, 6.07) is 133. The molecule has 0 amide bonds. The van der Waals surface area contributed by atoms with Gasteiger partial charge in [0.1, 0.15) is 11.5 Å². The maximum Gasteiger partial charge on any atom is 0.256 e. The lowest BCUT2D eigenvalue weighted by molar-refractivity contribution is 0.488. The molecule has 6 aliphatic rings. The molecule has 119 heavy (non-hydrogen) atoms. The van der Waals surface area contributed by atoms with Crippen LogP contribution in [0.2, 0.25) is 0 Å². The molecule has 0 atom stereocenters. The van der Waals surface area contributed by atoms with E-state index < -0.39 is 5.41 Å². The van der Waals surface area contributed by atoms with E-state index in [-0.39, 0.29) is 35.1 Å². The molecule has 0 unspecified atom stereocenters. The van der Waals surface area contributed by atoms with Gasteiger partial charge in [-0.2, -0.15) is 0 Å². The fourth-order valence-corrected chi connectivity index (χ4v) is 21.0. The number of para-hydroxylation sites is 3. The molecular formula is C113H93B2N3O. The molecule has 6 heteroatoms. The number of ether oxygens (including phenoxy) is 1. The molecule has 16 aromatic rings. The van der Waals surface area contributed by atoms with Crippen molar-refractivity contribution in [2.45, 2.75) is 110 Å². The van der Waals surface area contributed by atoms with Gasteiger partial charge in [-0.1, -0.05) is 362 Å². The van der Waals surface area contributed by atoms with Gasteiger partial charge in [-0.3, -0.25) is 0 Å². The van der Waals surface area contributed by atoms with Gasteiger partial charge in [0, 0.05) is 68.1 Å². The second-order valence-electron chi connectivity index (χ2n) is 37.8. The molecule has 572 valence electrons. The Morgan fingerprint density at radius 1 is 0.235 bits per heavy atom. The lowest BCUT2D eigenvalue weighted by Gasteiger charge is -2.47. The third-order valence-corrected chi connectivity index (χ3v) is 26.7. The third kappa shape index (κ3) is 11.0. The predicted molar refractivity (Wildman–Crippen MR) is 505 cm³/mol. The van der Waals surface area contributed by atoms with E-state index in [2.05, 4.69) is 444 Å². The molecule has 22 rings (SSSR count). The normalized spacial score (nSPS) is 14.1. The smallest absolute Gasteiger partial charge is 0.256 e. The minimum absolute atomic E-state index is 0.195. The first-order valence-corrected chi connectivity index (χ1v) is 42.5. The fourth-order valence-electron chi connectivity index (χ4n) is 21.0. The third-order valence-electron chi connectivity index (χ3n) is 26.7. The summed E-state index contributed by atoms with van der Waals surface area (Å²) in [6.45, 7) is 27.9. The molecule has 0 saturated heterocycles. The zero-order valence-electron chi connectivity index (χ0n) is 69.8. The maximum atomic E-state index is 8.36. The quantitative estimate of drug-likeness (QED) is 0.141. The van der Waals surface area contributed by atoms with Crippen LogP contribution in [-0.4, -0.2) is 13.4 Å². The number of benzene rings is 16. The molecule has 16 aromatic carbocycles. The second kappa shape index (κ2) is 26.4. The highest BCUT2D eigenvalue weighted by molar-refractivity contribution is 7.02. The monoisotopic (exact) mass is 1530 g/mol. The molecule has 0 fully saturated rings. The van der Waals surface area contributed by atoms with Crippen LogP contribution in [0.5, 0.6) is 11.5 Å². The maximum absolute atomic E-state index is 8.36. The summed E-state index contributed by atoms with van der Waals surface area (Å²) in [6.07, 6.45) is 0. The molecule has 2 aliphatic carbocycles. The standard InChI is InChI=1S/C113H93B2N3O/c1-109(2,3)75-61-76(110(4,5)6)63-79(62-75)116-98-69-102-95(68-94(98)114-92-55-31-33-57-96(92)118(101-67-78(112(10,11)12)66-100(116)105(101)114)107-81(70-37-17-13-18-38-70)49-36-50-82(107)71-39-19-14-20-40-71)115-93-56-32-34-58-97(93)117(108-87(72-41-21-15-22-42-72)64-77(111(7,8)9)65-88(108)73-43-23-16-24-44-73)99-59-74(60-103(119-102)106(99)115)80-48-35-51-86-85-47-27-30-54-91(85)113(104(80)86)89-52-28-25-45-83(89)84-46-26-29-53-90(84)113/h13-69H,1-12H3. The van der Waals surface area contributed by atoms with E-state index in [1.54, 1.807) is 0 Å². The predicted octanol–water partition coefficient (Wildman–Crippen LogP) is 26.0. The summed E-state index contributed by atoms with van der Waals surface area (Å²) >= 11 is 0. The molecule has 4 aliphatic heterocycles. The Morgan fingerprint density at radius 2 is 0.605 bits per heavy atom. The van der Waals surface area contributed by atoms with Crippen LogP contribution in [0.25, 0.3) is 77.9 Å². The highest BCUT2D eigenvalue weighted by Gasteiger charge is 2.54. The van der Waals surface area contributed by atoms with E-state index in [1.807, 2.05) is 0 Å². The number of anilines is 9. The average Bonchev–Trinajstić information content (AvgIpc) is 1.64. The average molecular weight is 1530 g/mol. The van der Waals surface area contributed by atoms with E-state index >= 15 is 0 Å². The van der Waals surface area contributed by atoms with Gasteiger partial charge in [0.2, 0.25) is 0 Å². The van der Waals surface area contributed by atoms with Gasteiger partial charge in [-0.05, 0) is 215 Å². The Kier molecular flexibility index (Phi) is 16.1. The molecule has 0 N–H and O–H groups in total. The van der Waals surface area contributed by atoms with Crippen molar-refractivity contribution in [2.75, 3.05) is 14.7 Å². The zero-order chi connectivity index (χ0) is 80.9. The number of hydrogen-bond donors (Lipinski definition) is 0. The van der Waals surface area contributed by atoms with Crippen molar-refractivity contribution in [3.63, 3.8) is 0 Å². The topological polar surface area (TPSA) is 19.0 Å². The Labute approximate surface area is 701 Å². The molecule has 0 saturated carbocycles. The molecule has 4 heterocycles. The van der Waals surface area contributed by atoms with Crippen LogP contribution in [0.4, 0.5) is 51.2 Å². The largest absolute Gasteiger partial charge is 0.458 e. The first kappa shape index (κ1) is 72.3. The first-order valence-electron chi connectivity index (χ1n) is 42.5. The number of fused-ring (bicyclic) bond motifs is 18. The highest BCUT2D eigenvalue weighted by atomic mass is 16.5. The summed E-state index contributed by atoms with van der Waals surface area (Å²) in [5.41, 5.74) is 42.8. The number of hydrogen-bond acceptors (Lipinski definition) is 4. The summed E-state index contributed by atoms with van der Waals surface area (Å²) < 4.78 is 8.36. The van der Waals surface area contributed by atoms with Crippen molar-refractivity contribution in [1.29, 1.82) is 0 Å². The Hall–Kier alpha value is -13.2. The zero-order valence-corrected chi connectivity index (χ0v) is 69.8. The van der Waals surface area contributed by atoms with Crippen LogP contribution in [0.15, 0.2) is 346 Å². The van der Waals surface area contributed by atoms with E-state index in [1.165, 1.54) is 99.9 Å². The fraction of sp³-hybridized carbons (Fsp3) is 0.150. The summed E-state index contributed by atoms with van der Waals surface area (Å²) in [7, 11) is 0. The lowest BCUT2D eigenvalue weighted by atomic mass is 9.30. The van der Waals surface area contributed by atoms with Crippen LogP contribution in [0.3, 0.4) is 0 Å².